The normalized spacial score (nSPS) is 27.7. The Kier molecular flexibility index (Phi) is 1.80. The zero-order chi connectivity index (χ0) is 12.3. The van der Waals surface area contributed by atoms with Crippen LogP contribution in [0.5, 0.6) is 0 Å². The smallest absolute Gasteiger partial charge is 0.352 e. The molecule has 1 aromatic carbocycles. The van der Waals surface area contributed by atoms with Gasteiger partial charge in [0.15, 0.2) is 0 Å². The van der Waals surface area contributed by atoms with E-state index in [0.29, 0.717) is 23.4 Å². The summed E-state index contributed by atoms with van der Waals surface area (Å²) in [5, 5.41) is 8.99. The SMILES string of the molecule is O=C(O)c1cc2c([nH]1)C1C(C2)[C@H]1c1ccccc1. The minimum Gasteiger partial charge on any atom is -0.477 e. The van der Waals surface area contributed by atoms with Gasteiger partial charge in [-0.05, 0) is 35.4 Å². The van der Waals surface area contributed by atoms with Crippen LogP contribution in [-0.2, 0) is 6.42 Å². The summed E-state index contributed by atoms with van der Waals surface area (Å²) in [5.41, 5.74) is 4.07. The highest BCUT2D eigenvalue weighted by Crippen LogP contribution is 2.66. The molecule has 4 rings (SSSR count). The lowest BCUT2D eigenvalue weighted by Crippen LogP contribution is -1.96. The van der Waals surface area contributed by atoms with E-state index in [1.807, 2.05) is 6.07 Å². The molecular weight excluding hydrogens is 226 g/mol. The number of aromatic amines is 1. The molecule has 0 bridgehead atoms. The fourth-order valence-electron chi connectivity index (χ4n) is 3.50. The third kappa shape index (κ3) is 1.22. The lowest BCUT2D eigenvalue weighted by molar-refractivity contribution is 0.0691. The Bertz CT molecular complexity index is 629. The van der Waals surface area contributed by atoms with Crippen LogP contribution in [0.3, 0.4) is 0 Å². The molecule has 90 valence electrons. The van der Waals surface area contributed by atoms with Crippen LogP contribution in [0.15, 0.2) is 36.4 Å². The van der Waals surface area contributed by atoms with E-state index in [-0.39, 0.29) is 0 Å². The Hall–Kier alpha value is -2.03. The van der Waals surface area contributed by atoms with Crippen LogP contribution in [0, 0.1) is 5.92 Å². The highest BCUT2D eigenvalue weighted by atomic mass is 16.4. The van der Waals surface area contributed by atoms with Crippen LogP contribution < -0.4 is 0 Å². The Balaban J connectivity index is 1.68. The number of hydrogen-bond acceptors (Lipinski definition) is 1. The largest absolute Gasteiger partial charge is 0.477 e. The summed E-state index contributed by atoms with van der Waals surface area (Å²) in [6, 6.07) is 12.3. The molecule has 0 aliphatic heterocycles. The van der Waals surface area contributed by atoms with Crippen molar-refractivity contribution >= 4 is 5.97 Å². The second kappa shape index (κ2) is 3.25. The molecule has 1 aromatic heterocycles. The van der Waals surface area contributed by atoms with E-state index in [1.165, 1.54) is 11.1 Å². The monoisotopic (exact) mass is 239 g/mol. The maximum Gasteiger partial charge on any atom is 0.352 e. The lowest BCUT2D eigenvalue weighted by atomic mass is 10.0. The highest BCUT2D eigenvalue weighted by molar-refractivity contribution is 5.86. The van der Waals surface area contributed by atoms with E-state index >= 15 is 0 Å². The Morgan fingerprint density at radius 1 is 1.22 bits per heavy atom. The van der Waals surface area contributed by atoms with Crippen molar-refractivity contribution in [1.82, 2.24) is 4.98 Å². The summed E-state index contributed by atoms with van der Waals surface area (Å²) in [4.78, 5) is 14.0. The van der Waals surface area contributed by atoms with Crippen molar-refractivity contribution < 1.29 is 9.90 Å². The van der Waals surface area contributed by atoms with Crippen LogP contribution in [0.2, 0.25) is 0 Å². The Labute approximate surface area is 104 Å². The average Bonchev–Trinajstić information content (AvgIpc) is 2.75. The van der Waals surface area contributed by atoms with E-state index in [9.17, 15) is 4.79 Å². The van der Waals surface area contributed by atoms with Crippen molar-refractivity contribution in [2.45, 2.75) is 18.3 Å². The summed E-state index contributed by atoms with van der Waals surface area (Å²) in [6.07, 6.45) is 1.02. The number of rotatable bonds is 2. The molecule has 0 spiro atoms. The fourth-order valence-corrected chi connectivity index (χ4v) is 3.50. The van der Waals surface area contributed by atoms with Gasteiger partial charge in [0.25, 0.3) is 0 Å². The number of benzene rings is 1. The van der Waals surface area contributed by atoms with Gasteiger partial charge in [0.1, 0.15) is 5.69 Å². The minimum absolute atomic E-state index is 0.331. The summed E-state index contributed by atoms with van der Waals surface area (Å²) in [6.45, 7) is 0. The third-order valence-electron chi connectivity index (χ3n) is 4.31. The quantitative estimate of drug-likeness (QED) is 0.846. The van der Waals surface area contributed by atoms with E-state index in [0.717, 1.165) is 12.1 Å². The van der Waals surface area contributed by atoms with Gasteiger partial charge in [-0.1, -0.05) is 30.3 Å². The number of carboxylic acid groups (broad SMARTS) is 1. The van der Waals surface area contributed by atoms with Gasteiger partial charge in [-0.3, -0.25) is 0 Å². The Morgan fingerprint density at radius 2 is 2.00 bits per heavy atom. The standard InChI is InChI=1S/C15H13NO2/c17-15(18)11-7-9-6-10-12(13(10)14(9)16-11)8-4-2-1-3-5-8/h1-5,7,10,12-13,16H,6H2,(H,17,18)/t10?,12-,13?/m1/s1. The zero-order valence-electron chi connectivity index (χ0n) is 9.76. The topological polar surface area (TPSA) is 53.1 Å². The van der Waals surface area contributed by atoms with Gasteiger partial charge in [0, 0.05) is 11.6 Å². The predicted octanol–water partition coefficient (Wildman–Crippen LogP) is 2.77. The van der Waals surface area contributed by atoms with Crippen LogP contribution >= 0.6 is 0 Å². The van der Waals surface area contributed by atoms with Crippen LogP contribution in [-0.4, -0.2) is 16.1 Å². The number of carboxylic acids is 1. The van der Waals surface area contributed by atoms with Gasteiger partial charge in [-0.15, -0.1) is 0 Å². The van der Waals surface area contributed by atoms with Gasteiger partial charge in [-0.2, -0.15) is 0 Å². The van der Waals surface area contributed by atoms with Gasteiger partial charge in [0.05, 0.1) is 0 Å². The van der Waals surface area contributed by atoms with Gasteiger partial charge < -0.3 is 10.1 Å². The summed E-state index contributed by atoms with van der Waals surface area (Å²) < 4.78 is 0. The molecule has 2 aliphatic carbocycles. The van der Waals surface area contributed by atoms with Crippen molar-refractivity contribution in [2.24, 2.45) is 5.92 Å². The number of aromatic carboxylic acids is 1. The van der Waals surface area contributed by atoms with Gasteiger partial charge in [0.2, 0.25) is 0 Å². The third-order valence-corrected chi connectivity index (χ3v) is 4.31. The molecule has 3 atom stereocenters. The highest BCUT2D eigenvalue weighted by Gasteiger charge is 2.57. The van der Waals surface area contributed by atoms with E-state index in [1.54, 1.807) is 6.07 Å². The second-order valence-electron chi connectivity index (χ2n) is 5.26. The summed E-state index contributed by atoms with van der Waals surface area (Å²) in [5.74, 6) is 0.906. The molecule has 2 aliphatic rings. The van der Waals surface area contributed by atoms with Crippen LogP contribution in [0.25, 0.3) is 0 Å². The van der Waals surface area contributed by atoms with E-state index in [4.69, 9.17) is 5.11 Å². The summed E-state index contributed by atoms with van der Waals surface area (Å²) >= 11 is 0. The molecule has 3 heteroatoms. The molecule has 0 saturated heterocycles. The molecule has 2 unspecified atom stereocenters. The van der Waals surface area contributed by atoms with Crippen molar-refractivity contribution in [3.8, 4) is 0 Å². The molecule has 0 amide bonds. The number of hydrogen-bond donors (Lipinski definition) is 2. The first-order valence-corrected chi connectivity index (χ1v) is 6.25. The average molecular weight is 239 g/mol. The van der Waals surface area contributed by atoms with Crippen molar-refractivity contribution in [1.29, 1.82) is 0 Å². The molecule has 2 aromatic rings. The maximum absolute atomic E-state index is 10.9. The maximum atomic E-state index is 10.9. The van der Waals surface area contributed by atoms with Crippen molar-refractivity contribution in [3.05, 3.63) is 58.9 Å². The number of fused-ring (bicyclic) bond motifs is 3. The van der Waals surface area contributed by atoms with Gasteiger partial charge >= 0.3 is 5.97 Å². The first-order chi connectivity index (χ1) is 8.75. The molecule has 1 fully saturated rings. The molecular formula is C15H13NO2. The molecule has 3 nitrogen and oxygen atoms in total. The molecule has 1 heterocycles. The number of nitrogens with one attached hydrogen (secondary N) is 1. The zero-order valence-corrected chi connectivity index (χ0v) is 9.76. The van der Waals surface area contributed by atoms with Crippen molar-refractivity contribution in [2.75, 3.05) is 0 Å². The molecule has 2 N–H and O–H groups in total. The minimum atomic E-state index is -0.863. The number of carbonyl (C=O) groups is 1. The lowest BCUT2D eigenvalue weighted by Gasteiger charge is -2.03. The molecule has 18 heavy (non-hydrogen) atoms. The Morgan fingerprint density at radius 3 is 2.72 bits per heavy atom. The number of aromatic nitrogens is 1. The molecule has 0 radical (unpaired) electrons. The second-order valence-corrected chi connectivity index (χ2v) is 5.26. The summed E-state index contributed by atoms with van der Waals surface area (Å²) in [7, 11) is 0. The van der Waals surface area contributed by atoms with Gasteiger partial charge in [-0.25, -0.2) is 4.79 Å². The first kappa shape index (κ1) is 9.95. The van der Waals surface area contributed by atoms with Crippen LogP contribution in [0.1, 0.15) is 39.1 Å². The van der Waals surface area contributed by atoms with E-state index < -0.39 is 5.97 Å². The predicted molar refractivity (Wildman–Crippen MR) is 66.9 cm³/mol. The van der Waals surface area contributed by atoms with Crippen LogP contribution in [0.4, 0.5) is 0 Å². The first-order valence-electron chi connectivity index (χ1n) is 6.25. The molecule has 1 saturated carbocycles. The number of H-pyrrole nitrogens is 1. The van der Waals surface area contributed by atoms with Crippen molar-refractivity contribution in [3.63, 3.8) is 0 Å². The fraction of sp³-hybridized carbons (Fsp3) is 0.267. The van der Waals surface area contributed by atoms with E-state index in [2.05, 4.69) is 29.2 Å².